The van der Waals surface area contributed by atoms with Gasteiger partial charge in [-0.15, -0.1) is 10.2 Å². The van der Waals surface area contributed by atoms with Crippen LogP contribution in [0.3, 0.4) is 0 Å². The third-order valence-electron chi connectivity index (χ3n) is 6.04. The number of aromatic nitrogens is 4. The minimum Gasteiger partial charge on any atom is -0.494 e. The third kappa shape index (κ3) is 5.38. The zero-order valence-electron chi connectivity index (χ0n) is 21.5. The van der Waals surface area contributed by atoms with Crippen molar-refractivity contribution in [2.24, 2.45) is 0 Å². The highest BCUT2D eigenvalue weighted by molar-refractivity contribution is 7.93. The van der Waals surface area contributed by atoms with E-state index in [4.69, 9.17) is 14.7 Å². The molecule has 0 radical (unpaired) electrons. The van der Waals surface area contributed by atoms with Crippen LogP contribution in [0.4, 0.5) is 10.3 Å². The maximum absolute atomic E-state index is 14.6. The zero-order valence-corrected chi connectivity index (χ0v) is 22.3. The smallest absolute Gasteiger partial charge is 0.243 e. The summed E-state index contributed by atoms with van der Waals surface area (Å²) in [5.41, 5.74) is 1.44. The Bertz CT molecular complexity index is 1650. The Hall–Kier alpha value is -4.54. The van der Waals surface area contributed by atoms with E-state index in [2.05, 4.69) is 19.9 Å². The molecule has 2 aromatic heterocycles. The lowest BCUT2D eigenvalue weighted by Gasteiger charge is -2.22. The van der Waals surface area contributed by atoms with Gasteiger partial charge < -0.3 is 14.6 Å². The van der Waals surface area contributed by atoms with Crippen LogP contribution in [0.15, 0.2) is 54.9 Å². The monoisotopic (exact) mass is 552 g/mol. The quantitative estimate of drug-likeness (QED) is 0.318. The fraction of sp³-hybridized carbons (Fsp3) is 0.231. The first-order valence-electron chi connectivity index (χ1n) is 11.6. The molecule has 0 aliphatic carbocycles. The number of nitrogens with zero attached hydrogens (tertiary/aromatic N) is 5. The van der Waals surface area contributed by atoms with Gasteiger partial charge in [-0.3, -0.25) is 14.3 Å². The van der Waals surface area contributed by atoms with E-state index in [0.717, 1.165) is 11.6 Å². The maximum atomic E-state index is 14.6. The number of methoxy groups -OCH3 is 2. The number of aliphatic hydroxyl groups excluding tert-OH is 1. The largest absolute Gasteiger partial charge is 0.494 e. The highest BCUT2D eigenvalue weighted by Crippen LogP contribution is 2.38. The van der Waals surface area contributed by atoms with Crippen molar-refractivity contribution in [3.05, 3.63) is 77.4 Å². The van der Waals surface area contributed by atoms with Gasteiger partial charge in [0.2, 0.25) is 16.0 Å². The van der Waals surface area contributed by atoms with Crippen molar-refractivity contribution in [3.63, 3.8) is 0 Å². The second kappa shape index (κ2) is 11.1. The average Bonchev–Trinajstić information content (AvgIpc) is 3.33. The normalized spacial score (nSPS) is 12.8. The van der Waals surface area contributed by atoms with E-state index in [1.807, 2.05) is 6.92 Å². The Morgan fingerprint density at radius 1 is 1.10 bits per heavy atom. The number of benzene rings is 2. The molecule has 2 heterocycles. The summed E-state index contributed by atoms with van der Waals surface area (Å²) in [4.78, 5) is 4.20. The molecule has 13 heteroatoms. The fourth-order valence-electron chi connectivity index (χ4n) is 3.96. The van der Waals surface area contributed by atoms with Gasteiger partial charge in [-0.05, 0) is 49.7 Å². The number of anilines is 1. The van der Waals surface area contributed by atoms with E-state index in [0.29, 0.717) is 22.7 Å². The van der Waals surface area contributed by atoms with E-state index in [-0.39, 0.29) is 22.9 Å². The summed E-state index contributed by atoms with van der Waals surface area (Å²) in [6.45, 7) is 3.07. The number of rotatable bonds is 9. The Morgan fingerprint density at radius 3 is 2.38 bits per heavy atom. The number of nitriles is 1. The lowest BCUT2D eigenvalue weighted by Crippen LogP contribution is -2.32. The molecule has 2 atom stereocenters. The molecule has 0 saturated carbocycles. The average molecular weight is 553 g/mol. The maximum Gasteiger partial charge on any atom is 0.243 e. The van der Waals surface area contributed by atoms with Crippen LogP contribution in [-0.2, 0) is 10.0 Å². The molecule has 0 amide bonds. The van der Waals surface area contributed by atoms with Gasteiger partial charge in [0.25, 0.3) is 0 Å². The second-order valence-electron chi connectivity index (χ2n) is 8.59. The molecule has 2 aromatic carbocycles. The van der Waals surface area contributed by atoms with Crippen molar-refractivity contribution in [2.45, 2.75) is 25.2 Å². The molecule has 0 saturated heterocycles. The van der Waals surface area contributed by atoms with Gasteiger partial charge in [0.05, 0.1) is 25.9 Å². The van der Waals surface area contributed by atoms with Crippen LogP contribution in [-0.4, -0.2) is 52.7 Å². The Labute approximate surface area is 224 Å². The van der Waals surface area contributed by atoms with Crippen LogP contribution in [0.2, 0.25) is 0 Å². The number of hydrogen-bond donors (Lipinski definition) is 2. The van der Waals surface area contributed by atoms with E-state index < -0.39 is 27.2 Å². The van der Waals surface area contributed by atoms with Crippen molar-refractivity contribution in [1.29, 1.82) is 5.26 Å². The van der Waals surface area contributed by atoms with Crippen molar-refractivity contribution in [2.75, 3.05) is 18.9 Å². The first-order chi connectivity index (χ1) is 18.6. The lowest BCUT2D eigenvalue weighted by atomic mass is 10.0. The molecule has 0 aliphatic heterocycles. The number of nitrogens with one attached hydrogen (secondary N) is 1. The molecule has 4 rings (SSSR count). The number of hydrogen-bond acceptors (Lipinski definition) is 9. The fourth-order valence-corrected chi connectivity index (χ4v) is 5.02. The minimum absolute atomic E-state index is 0.0362. The molecule has 39 heavy (non-hydrogen) atoms. The van der Waals surface area contributed by atoms with E-state index in [1.54, 1.807) is 42.7 Å². The number of para-hydroxylation sites is 1. The van der Waals surface area contributed by atoms with Crippen molar-refractivity contribution in [3.8, 4) is 34.6 Å². The predicted octanol–water partition coefficient (Wildman–Crippen LogP) is 3.53. The molecule has 2 N–H and O–H groups in total. The summed E-state index contributed by atoms with van der Waals surface area (Å²) in [6, 6.07) is 12.0. The molecule has 4 aromatic rings. The van der Waals surface area contributed by atoms with Crippen molar-refractivity contribution >= 4 is 16.0 Å². The van der Waals surface area contributed by atoms with Crippen LogP contribution in [0, 0.1) is 24.1 Å². The number of aryl methyl sites for hydroxylation is 1. The van der Waals surface area contributed by atoms with E-state index >= 15 is 0 Å². The summed E-state index contributed by atoms with van der Waals surface area (Å²) < 4.78 is 56.3. The van der Waals surface area contributed by atoms with Gasteiger partial charge in [0, 0.05) is 23.5 Å². The van der Waals surface area contributed by atoms with Crippen LogP contribution in [0.25, 0.3) is 17.1 Å². The highest BCUT2D eigenvalue weighted by atomic mass is 32.2. The highest BCUT2D eigenvalue weighted by Gasteiger charge is 2.33. The first kappa shape index (κ1) is 27.5. The number of pyridine rings is 1. The Balaban J connectivity index is 1.83. The molecular formula is C26H25FN6O5S. The Morgan fingerprint density at radius 2 is 1.79 bits per heavy atom. The third-order valence-corrected chi connectivity index (χ3v) is 7.74. The molecule has 0 aliphatic rings. The topological polar surface area (TPSA) is 152 Å². The summed E-state index contributed by atoms with van der Waals surface area (Å²) in [5.74, 6) is -0.222. The summed E-state index contributed by atoms with van der Waals surface area (Å²) >= 11 is 0. The van der Waals surface area contributed by atoms with Crippen molar-refractivity contribution < 1.29 is 27.4 Å². The summed E-state index contributed by atoms with van der Waals surface area (Å²) in [7, 11) is -1.49. The van der Waals surface area contributed by atoms with Gasteiger partial charge >= 0.3 is 0 Å². The number of ether oxygens (including phenoxy) is 2. The zero-order chi connectivity index (χ0) is 28.3. The summed E-state index contributed by atoms with van der Waals surface area (Å²) in [5, 5.41) is 26.5. The molecule has 202 valence electrons. The van der Waals surface area contributed by atoms with Gasteiger partial charge in [-0.1, -0.05) is 12.1 Å². The molecule has 0 spiro atoms. The van der Waals surface area contributed by atoms with Crippen molar-refractivity contribution in [1.82, 2.24) is 19.7 Å². The Kier molecular flexibility index (Phi) is 7.80. The molecular weight excluding hydrogens is 527 g/mol. The second-order valence-corrected chi connectivity index (χ2v) is 10.6. The van der Waals surface area contributed by atoms with Crippen LogP contribution < -0.4 is 14.2 Å². The minimum atomic E-state index is -4.39. The van der Waals surface area contributed by atoms with Crippen LogP contribution >= 0.6 is 0 Å². The molecule has 0 bridgehead atoms. The standard InChI is InChI=1S/C26H25FN6O5S/c1-15-10-18(14-29-13-15)25-30-31-26(33(25)23-21(37-3)6-5-7-22(23)38-4)32-39(35,36)16(2)24(34)19-9-8-17(12-28)11-20(19)27/h5-11,13-14,16,24,34H,1-4H3,(H,31,32)/t16-,24+/m1/s1. The molecule has 0 unspecified atom stereocenters. The number of aliphatic hydroxyl groups is 1. The van der Waals surface area contributed by atoms with E-state index in [1.165, 1.54) is 37.8 Å². The molecule has 0 fully saturated rings. The lowest BCUT2D eigenvalue weighted by molar-refractivity contribution is 0.171. The SMILES string of the molecule is COc1cccc(OC)c1-n1c(NS(=O)(=O)[C@H](C)[C@H](O)c2ccc(C#N)cc2F)nnc1-c1cncc(C)c1. The number of sulfonamides is 1. The van der Waals surface area contributed by atoms with Crippen LogP contribution in [0.5, 0.6) is 11.5 Å². The van der Waals surface area contributed by atoms with E-state index in [9.17, 15) is 17.9 Å². The first-order valence-corrected chi connectivity index (χ1v) is 13.1. The predicted molar refractivity (Wildman–Crippen MR) is 141 cm³/mol. The summed E-state index contributed by atoms with van der Waals surface area (Å²) in [6.07, 6.45) is 1.45. The van der Waals surface area contributed by atoms with Gasteiger partial charge in [0.15, 0.2) is 5.82 Å². The van der Waals surface area contributed by atoms with Crippen LogP contribution in [0.1, 0.15) is 29.7 Å². The van der Waals surface area contributed by atoms with Gasteiger partial charge in [0.1, 0.15) is 34.4 Å². The van der Waals surface area contributed by atoms with Gasteiger partial charge in [-0.2, -0.15) is 5.26 Å². The molecule has 11 nitrogen and oxygen atoms in total. The number of halogens is 1. The van der Waals surface area contributed by atoms with Gasteiger partial charge in [-0.25, -0.2) is 12.8 Å².